The fourth-order valence-electron chi connectivity index (χ4n) is 6.09. The number of benzene rings is 1. The lowest BCUT2D eigenvalue weighted by atomic mass is 10.0. The number of aromatic nitrogens is 2. The van der Waals surface area contributed by atoms with Gasteiger partial charge in [-0.3, -0.25) is 14.6 Å². The van der Waals surface area contributed by atoms with Crippen LogP contribution in [0.2, 0.25) is 0 Å². The number of hydrogen-bond donors (Lipinski definition) is 1. The number of rotatable bonds is 5. The van der Waals surface area contributed by atoms with Gasteiger partial charge in [0.15, 0.2) is 5.58 Å². The highest BCUT2D eigenvalue weighted by molar-refractivity contribution is 5.97. The van der Waals surface area contributed by atoms with E-state index in [9.17, 15) is 14.4 Å². The molecular formula is C28H30N4O6. The molecule has 3 aliphatic heterocycles. The first-order chi connectivity index (χ1) is 18.5. The van der Waals surface area contributed by atoms with E-state index in [0.29, 0.717) is 73.4 Å². The molecule has 10 nitrogen and oxygen atoms in total. The van der Waals surface area contributed by atoms with Crippen LogP contribution in [0.15, 0.2) is 39.7 Å². The number of fused-ring (bicyclic) bond motifs is 2. The zero-order valence-corrected chi connectivity index (χ0v) is 21.1. The van der Waals surface area contributed by atoms with Crippen LogP contribution in [0.4, 0.5) is 0 Å². The van der Waals surface area contributed by atoms with Crippen LogP contribution >= 0.6 is 0 Å². The standard InChI is InChI=1S/C28H30N4O6/c33-26(17-3-4-23-24(10-17)38-28(35)30-23)31-12-19-14-32(15-20(19)13-31)27(34)18-9-22(16-1-2-16)25(29-11-18)37-21-5-7-36-8-6-21/h3-4,9-11,16,19-21H,1-2,5-8,12-15H2,(H,30,35)/t19-,20?/m0/s1. The molecule has 4 aliphatic rings. The van der Waals surface area contributed by atoms with Crippen molar-refractivity contribution in [3.8, 4) is 5.88 Å². The minimum Gasteiger partial charge on any atom is -0.474 e. The highest BCUT2D eigenvalue weighted by Gasteiger charge is 2.43. The molecule has 198 valence electrons. The Hall–Kier alpha value is -3.66. The Kier molecular flexibility index (Phi) is 5.72. The van der Waals surface area contributed by atoms with Gasteiger partial charge in [0.25, 0.3) is 11.8 Å². The lowest BCUT2D eigenvalue weighted by Gasteiger charge is -2.24. The van der Waals surface area contributed by atoms with Crippen LogP contribution in [-0.4, -0.2) is 77.1 Å². The Balaban J connectivity index is 1.01. The molecule has 1 aromatic carbocycles. The fraction of sp³-hybridized carbons (Fsp3) is 0.500. The number of amides is 2. The van der Waals surface area contributed by atoms with Gasteiger partial charge < -0.3 is 23.7 Å². The number of carbonyl (C=O) groups is 2. The fourth-order valence-corrected chi connectivity index (χ4v) is 6.09. The van der Waals surface area contributed by atoms with Crippen LogP contribution in [0, 0.1) is 11.8 Å². The number of ether oxygens (including phenoxy) is 2. The van der Waals surface area contributed by atoms with Crippen molar-refractivity contribution in [2.24, 2.45) is 11.8 Å². The highest BCUT2D eigenvalue weighted by atomic mass is 16.5. The first-order valence-electron chi connectivity index (χ1n) is 13.5. The Labute approximate surface area is 218 Å². The van der Waals surface area contributed by atoms with Gasteiger partial charge in [0.05, 0.1) is 24.3 Å². The van der Waals surface area contributed by atoms with E-state index in [2.05, 4.69) is 9.97 Å². The second-order valence-electron chi connectivity index (χ2n) is 11.0. The van der Waals surface area contributed by atoms with E-state index in [1.54, 1.807) is 24.4 Å². The maximum atomic E-state index is 13.4. The van der Waals surface area contributed by atoms with Gasteiger partial charge in [0, 0.05) is 68.2 Å². The quantitative estimate of drug-likeness (QED) is 0.552. The van der Waals surface area contributed by atoms with Gasteiger partial charge in [-0.2, -0.15) is 0 Å². The zero-order valence-electron chi connectivity index (χ0n) is 21.1. The molecule has 10 heteroatoms. The van der Waals surface area contributed by atoms with E-state index >= 15 is 0 Å². The highest BCUT2D eigenvalue weighted by Crippen LogP contribution is 2.44. The SMILES string of the molecule is O=C(c1cnc(OC2CCOCC2)c(C2CC2)c1)N1CC2CN(C(=O)c3ccc4[nH]c(=O)oc4c3)C[C@H]2C1. The summed E-state index contributed by atoms with van der Waals surface area (Å²) in [6, 6.07) is 7.00. The first-order valence-corrected chi connectivity index (χ1v) is 13.5. The number of likely N-dealkylation sites (tertiary alicyclic amines) is 2. The Bertz CT molecular complexity index is 1440. The molecule has 3 aromatic rings. The van der Waals surface area contributed by atoms with Crippen molar-refractivity contribution in [3.63, 3.8) is 0 Å². The van der Waals surface area contributed by atoms with Crippen molar-refractivity contribution < 1.29 is 23.5 Å². The third-order valence-electron chi connectivity index (χ3n) is 8.32. The van der Waals surface area contributed by atoms with Crippen molar-refractivity contribution in [2.75, 3.05) is 39.4 Å². The zero-order chi connectivity index (χ0) is 25.8. The van der Waals surface area contributed by atoms with Crippen molar-refractivity contribution in [3.05, 3.63) is 57.7 Å². The van der Waals surface area contributed by atoms with Crippen LogP contribution in [0.5, 0.6) is 5.88 Å². The lowest BCUT2D eigenvalue weighted by Crippen LogP contribution is -2.35. The number of nitrogens with one attached hydrogen (secondary N) is 1. The summed E-state index contributed by atoms with van der Waals surface area (Å²) in [6.07, 6.45) is 5.69. The predicted octanol–water partition coefficient (Wildman–Crippen LogP) is 2.80. The summed E-state index contributed by atoms with van der Waals surface area (Å²) in [6.45, 7) is 3.87. The molecule has 1 N–H and O–H groups in total. The van der Waals surface area contributed by atoms with Crippen molar-refractivity contribution in [2.45, 2.75) is 37.7 Å². The minimum absolute atomic E-state index is 0.00256. The Morgan fingerprint density at radius 2 is 1.61 bits per heavy atom. The summed E-state index contributed by atoms with van der Waals surface area (Å²) >= 11 is 0. The second-order valence-corrected chi connectivity index (χ2v) is 11.0. The largest absolute Gasteiger partial charge is 0.474 e. The molecule has 7 rings (SSSR count). The number of pyridine rings is 1. The molecule has 2 atom stereocenters. The molecule has 0 spiro atoms. The van der Waals surface area contributed by atoms with E-state index < -0.39 is 5.76 Å². The first kappa shape index (κ1) is 23.5. The van der Waals surface area contributed by atoms with Gasteiger partial charge in [-0.1, -0.05) is 0 Å². The lowest BCUT2D eigenvalue weighted by molar-refractivity contribution is 0.0233. The average Bonchev–Trinajstić information content (AvgIpc) is 3.41. The minimum atomic E-state index is -0.536. The molecular weight excluding hydrogens is 488 g/mol. The monoisotopic (exact) mass is 518 g/mol. The van der Waals surface area contributed by atoms with Gasteiger partial charge in [0.1, 0.15) is 6.10 Å². The molecule has 2 amide bonds. The van der Waals surface area contributed by atoms with E-state index in [-0.39, 0.29) is 29.8 Å². The normalized spacial score (nSPS) is 23.7. The summed E-state index contributed by atoms with van der Waals surface area (Å²) in [7, 11) is 0. The molecule has 0 bridgehead atoms. The van der Waals surface area contributed by atoms with Crippen molar-refractivity contribution in [1.82, 2.24) is 19.8 Å². The smallest absolute Gasteiger partial charge is 0.417 e. The van der Waals surface area contributed by atoms with Crippen LogP contribution in [0.3, 0.4) is 0 Å². The predicted molar refractivity (Wildman–Crippen MR) is 136 cm³/mol. The van der Waals surface area contributed by atoms with Gasteiger partial charge >= 0.3 is 5.76 Å². The molecule has 1 saturated carbocycles. The molecule has 1 aliphatic carbocycles. The van der Waals surface area contributed by atoms with Crippen molar-refractivity contribution >= 4 is 22.9 Å². The maximum Gasteiger partial charge on any atom is 0.417 e. The summed E-state index contributed by atoms with van der Waals surface area (Å²) in [5.74, 6) is 0.943. The second kappa shape index (κ2) is 9.27. The topological polar surface area (TPSA) is 118 Å². The summed E-state index contributed by atoms with van der Waals surface area (Å²) < 4.78 is 16.8. The molecule has 0 radical (unpaired) electrons. The van der Waals surface area contributed by atoms with Gasteiger partial charge in [-0.15, -0.1) is 0 Å². The number of hydrogen-bond acceptors (Lipinski definition) is 7. The van der Waals surface area contributed by atoms with E-state index in [0.717, 1.165) is 31.2 Å². The molecule has 3 saturated heterocycles. The van der Waals surface area contributed by atoms with E-state index in [4.69, 9.17) is 13.9 Å². The summed E-state index contributed by atoms with van der Waals surface area (Å²) in [4.78, 5) is 49.0. The molecule has 5 heterocycles. The van der Waals surface area contributed by atoms with E-state index in [1.165, 1.54) is 0 Å². The van der Waals surface area contributed by atoms with Crippen LogP contribution in [-0.2, 0) is 4.74 Å². The Morgan fingerprint density at radius 1 is 0.921 bits per heavy atom. The van der Waals surface area contributed by atoms with Gasteiger partial charge in [0.2, 0.25) is 5.88 Å². The number of carbonyl (C=O) groups excluding carboxylic acids is 2. The summed E-state index contributed by atoms with van der Waals surface area (Å²) in [5, 5.41) is 0. The number of nitrogens with zero attached hydrogens (tertiary/aromatic N) is 3. The number of H-pyrrole nitrogens is 1. The summed E-state index contributed by atoms with van der Waals surface area (Å²) in [5.41, 5.74) is 3.10. The number of aromatic amines is 1. The Morgan fingerprint density at radius 3 is 2.29 bits per heavy atom. The van der Waals surface area contributed by atoms with Crippen LogP contribution in [0.25, 0.3) is 11.1 Å². The molecule has 4 fully saturated rings. The number of oxazole rings is 1. The molecule has 2 aromatic heterocycles. The third-order valence-corrected chi connectivity index (χ3v) is 8.32. The molecule has 1 unspecified atom stereocenters. The van der Waals surface area contributed by atoms with Crippen LogP contribution in [0.1, 0.15) is 57.9 Å². The van der Waals surface area contributed by atoms with E-state index in [1.807, 2.05) is 15.9 Å². The van der Waals surface area contributed by atoms with Gasteiger partial charge in [-0.25, -0.2) is 9.78 Å². The van der Waals surface area contributed by atoms with Crippen LogP contribution < -0.4 is 10.5 Å². The maximum absolute atomic E-state index is 13.4. The third kappa shape index (κ3) is 4.36. The molecule has 38 heavy (non-hydrogen) atoms. The van der Waals surface area contributed by atoms with Crippen molar-refractivity contribution in [1.29, 1.82) is 0 Å². The van der Waals surface area contributed by atoms with Gasteiger partial charge in [-0.05, 0) is 43.0 Å². The average molecular weight is 519 g/mol.